The quantitative estimate of drug-likeness (QED) is 0.760. The number of aromatic nitrogens is 2. The number of nitrogens with zero attached hydrogens (tertiary/aromatic N) is 2. The van der Waals surface area contributed by atoms with E-state index in [4.69, 9.17) is 5.73 Å². The molecule has 0 bridgehead atoms. The third-order valence-corrected chi connectivity index (χ3v) is 2.68. The van der Waals surface area contributed by atoms with Crippen LogP contribution in [0.3, 0.4) is 0 Å². The minimum absolute atomic E-state index is 0.0198. The van der Waals surface area contributed by atoms with Crippen molar-refractivity contribution < 1.29 is 4.79 Å². The molecule has 1 amide bonds. The molecule has 1 aromatic heterocycles. The van der Waals surface area contributed by atoms with Gasteiger partial charge in [-0.1, -0.05) is 0 Å². The molecule has 0 spiro atoms. The second-order valence-electron chi connectivity index (χ2n) is 4.47. The predicted molar refractivity (Wildman–Crippen MR) is 67.4 cm³/mol. The van der Waals surface area contributed by atoms with E-state index >= 15 is 0 Å². The van der Waals surface area contributed by atoms with Crippen LogP contribution in [-0.4, -0.2) is 28.0 Å². The first-order valence-electron chi connectivity index (χ1n) is 6.07. The number of rotatable bonds is 6. The first-order valence-corrected chi connectivity index (χ1v) is 6.07. The fraction of sp³-hybridized carbons (Fsp3) is 0.667. The van der Waals surface area contributed by atoms with Crippen LogP contribution in [0.2, 0.25) is 0 Å². The van der Waals surface area contributed by atoms with E-state index in [9.17, 15) is 4.79 Å². The van der Waals surface area contributed by atoms with Crippen LogP contribution in [0.5, 0.6) is 0 Å². The molecule has 0 radical (unpaired) electrons. The molecule has 5 nitrogen and oxygen atoms in total. The molecule has 1 aromatic rings. The average molecular weight is 238 g/mol. The highest BCUT2D eigenvalue weighted by Gasteiger charge is 2.19. The van der Waals surface area contributed by atoms with Gasteiger partial charge in [0.15, 0.2) is 0 Å². The number of imidazole rings is 1. The van der Waals surface area contributed by atoms with Gasteiger partial charge in [0.25, 0.3) is 0 Å². The summed E-state index contributed by atoms with van der Waals surface area (Å²) in [5.74, 6) is -0.161. The summed E-state index contributed by atoms with van der Waals surface area (Å²) in [6.07, 6.45) is 4.22. The number of hydrogen-bond donors (Lipinski definition) is 2. The van der Waals surface area contributed by atoms with Crippen molar-refractivity contribution in [2.24, 2.45) is 11.7 Å². The summed E-state index contributed by atoms with van der Waals surface area (Å²) in [5.41, 5.74) is 6.72. The highest BCUT2D eigenvalue weighted by Crippen LogP contribution is 2.08. The molecule has 1 rings (SSSR count). The van der Waals surface area contributed by atoms with E-state index in [1.807, 2.05) is 18.4 Å². The maximum absolute atomic E-state index is 11.9. The molecule has 0 saturated carbocycles. The lowest BCUT2D eigenvalue weighted by molar-refractivity contribution is -0.125. The minimum atomic E-state index is -0.181. The summed E-state index contributed by atoms with van der Waals surface area (Å²) >= 11 is 0. The highest BCUT2D eigenvalue weighted by atomic mass is 16.1. The van der Waals surface area contributed by atoms with Crippen molar-refractivity contribution in [3.05, 3.63) is 18.2 Å². The molecule has 0 aliphatic rings. The number of aryl methyl sites for hydroxylation is 1. The molecule has 96 valence electrons. The van der Waals surface area contributed by atoms with E-state index in [0.29, 0.717) is 13.0 Å². The maximum atomic E-state index is 11.9. The van der Waals surface area contributed by atoms with Gasteiger partial charge in [0, 0.05) is 37.4 Å². The van der Waals surface area contributed by atoms with Crippen LogP contribution in [-0.2, 0) is 17.8 Å². The number of amides is 1. The molecule has 17 heavy (non-hydrogen) atoms. The van der Waals surface area contributed by atoms with Crippen molar-refractivity contribution in [2.45, 2.75) is 39.8 Å². The summed E-state index contributed by atoms with van der Waals surface area (Å²) in [5, 5.41) is 2.90. The Hall–Kier alpha value is -1.36. The van der Waals surface area contributed by atoms with Crippen LogP contribution in [0, 0.1) is 5.92 Å². The average Bonchev–Trinajstić information content (AvgIpc) is 2.71. The van der Waals surface area contributed by atoms with E-state index in [0.717, 1.165) is 12.2 Å². The molecule has 0 aromatic carbocycles. The Morgan fingerprint density at radius 3 is 2.82 bits per heavy atom. The van der Waals surface area contributed by atoms with Gasteiger partial charge in [0.1, 0.15) is 0 Å². The van der Waals surface area contributed by atoms with Crippen LogP contribution in [0.25, 0.3) is 0 Å². The molecule has 1 unspecified atom stereocenters. The Morgan fingerprint density at radius 1 is 1.59 bits per heavy atom. The van der Waals surface area contributed by atoms with E-state index in [1.54, 1.807) is 12.5 Å². The zero-order valence-corrected chi connectivity index (χ0v) is 10.8. The highest BCUT2D eigenvalue weighted by molar-refractivity contribution is 5.79. The van der Waals surface area contributed by atoms with E-state index < -0.39 is 0 Å². The SMILES string of the molecule is CCn1cncc1CC(CN)C(=O)NC(C)C. The van der Waals surface area contributed by atoms with Crippen LogP contribution in [0.15, 0.2) is 12.5 Å². The monoisotopic (exact) mass is 238 g/mol. The zero-order chi connectivity index (χ0) is 12.8. The zero-order valence-electron chi connectivity index (χ0n) is 10.8. The maximum Gasteiger partial charge on any atom is 0.224 e. The fourth-order valence-electron chi connectivity index (χ4n) is 1.74. The number of nitrogens with one attached hydrogen (secondary N) is 1. The molecule has 1 atom stereocenters. The summed E-state index contributed by atoms with van der Waals surface area (Å²) < 4.78 is 2.03. The van der Waals surface area contributed by atoms with Crippen molar-refractivity contribution in [3.8, 4) is 0 Å². The van der Waals surface area contributed by atoms with Gasteiger partial charge < -0.3 is 15.6 Å². The van der Waals surface area contributed by atoms with Gasteiger partial charge in [-0.2, -0.15) is 0 Å². The van der Waals surface area contributed by atoms with E-state index in [1.165, 1.54) is 0 Å². The minimum Gasteiger partial charge on any atom is -0.354 e. The fourth-order valence-corrected chi connectivity index (χ4v) is 1.74. The molecule has 0 fully saturated rings. The molecule has 3 N–H and O–H groups in total. The number of carbonyl (C=O) groups is 1. The van der Waals surface area contributed by atoms with E-state index in [-0.39, 0.29) is 17.9 Å². The van der Waals surface area contributed by atoms with Crippen LogP contribution in [0.4, 0.5) is 0 Å². The Kier molecular flexibility index (Phi) is 5.15. The molecule has 0 aliphatic heterocycles. The van der Waals surface area contributed by atoms with Gasteiger partial charge in [-0.15, -0.1) is 0 Å². The number of nitrogens with two attached hydrogens (primary N) is 1. The smallest absolute Gasteiger partial charge is 0.224 e. The lowest BCUT2D eigenvalue weighted by atomic mass is 10.0. The van der Waals surface area contributed by atoms with Crippen LogP contribution in [0.1, 0.15) is 26.5 Å². The summed E-state index contributed by atoms with van der Waals surface area (Å²) in [6.45, 7) is 7.16. The second-order valence-corrected chi connectivity index (χ2v) is 4.47. The van der Waals surface area contributed by atoms with Crippen molar-refractivity contribution in [1.29, 1.82) is 0 Å². The Morgan fingerprint density at radius 2 is 2.29 bits per heavy atom. The summed E-state index contributed by atoms with van der Waals surface area (Å²) in [4.78, 5) is 16.0. The van der Waals surface area contributed by atoms with Crippen LogP contribution < -0.4 is 11.1 Å². The van der Waals surface area contributed by atoms with Crippen molar-refractivity contribution in [1.82, 2.24) is 14.9 Å². The number of hydrogen-bond acceptors (Lipinski definition) is 3. The molecule has 0 saturated heterocycles. The Balaban J connectivity index is 2.66. The predicted octanol–water partition coefficient (Wildman–Crippen LogP) is 0.545. The third kappa shape index (κ3) is 3.85. The van der Waals surface area contributed by atoms with E-state index in [2.05, 4.69) is 17.2 Å². The number of carbonyl (C=O) groups excluding carboxylic acids is 1. The van der Waals surface area contributed by atoms with Gasteiger partial charge >= 0.3 is 0 Å². The molecular formula is C12H22N4O. The van der Waals surface area contributed by atoms with Gasteiger partial charge in [-0.25, -0.2) is 4.98 Å². The van der Waals surface area contributed by atoms with Gasteiger partial charge in [0.05, 0.1) is 12.2 Å². The lowest BCUT2D eigenvalue weighted by Gasteiger charge is -2.17. The first kappa shape index (κ1) is 13.7. The normalized spacial score (nSPS) is 12.8. The first-order chi connectivity index (χ1) is 8.08. The van der Waals surface area contributed by atoms with Crippen molar-refractivity contribution in [2.75, 3.05) is 6.54 Å². The topological polar surface area (TPSA) is 72.9 Å². The van der Waals surface area contributed by atoms with Crippen molar-refractivity contribution >= 4 is 5.91 Å². The largest absolute Gasteiger partial charge is 0.354 e. The van der Waals surface area contributed by atoms with Gasteiger partial charge in [-0.3, -0.25) is 4.79 Å². The van der Waals surface area contributed by atoms with Crippen molar-refractivity contribution in [3.63, 3.8) is 0 Å². The summed E-state index contributed by atoms with van der Waals surface area (Å²) in [7, 11) is 0. The molecular weight excluding hydrogens is 216 g/mol. The second kappa shape index (κ2) is 6.39. The molecule has 1 heterocycles. The van der Waals surface area contributed by atoms with Gasteiger partial charge in [-0.05, 0) is 20.8 Å². The Labute approximate surface area is 102 Å². The third-order valence-electron chi connectivity index (χ3n) is 2.68. The van der Waals surface area contributed by atoms with Crippen LogP contribution >= 0.6 is 0 Å². The molecule has 0 aliphatic carbocycles. The lowest BCUT2D eigenvalue weighted by Crippen LogP contribution is -2.40. The van der Waals surface area contributed by atoms with Gasteiger partial charge in [0.2, 0.25) is 5.91 Å². The Bertz CT molecular complexity index is 359. The standard InChI is InChI=1S/C12H22N4O/c1-4-16-8-14-7-11(16)5-10(6-13)12(17)15-9(2)3/h7-10H,4-6,13H2,1-3H3,(H,15,17). The summed E-state index contributed by atoms with van der Waals surface area (Å²) in [6, 6.07) is 0.146. The molecule has 5 heteroatoms.